The number of rotatable bonds is 1. The van der Waals surface area contributed by atoms with Crippen molar-refractivity contribution in [1.82, 2.24) is 0 Å². The molecule has 0 unspecified atom stereocenters. The van der Waals surface area contributed by atoms with E-state index < -0.39 is 34.3 Å². The zero-order valence-electron chi connectivity index (χ0n) is 11.9. The second-order valence-electron chi connectivity index (χ2n) is 5.47. The highest BCUT2D eigenvalue weighted by atomic mass is 79.9. The first-order chi connectivity index (χ1) is 9.57. The Hall–Kier alpha value is -1.76. The Balaban J connectivity index is 2.70. The van der Waals surface area contributed by atoms with E-state index in [2.05, 4.69) is 20.7 Å². The molecule has 2 aliphatic rings. The highest BCUT2D eigenvalue weighted by Gasteiger charge is 2.59. The Kier molecular flexibility index (Phi) is 3.44. The Morgan fingerprint density at radius 2 is 1.81 bits per heavy atom. The van der Waals surface area contributed by atoms with Crippen molar-refractivity contribution < 1.29 is 28.7 Å². The lowest BCUT2D eigenvalue weighted by atomic mass is 9.68. The Morgan fingerprint density at radius 3 is 2.33 bits per heavy atom. The third kappa shape index (κ3) is 1.98. The number of halogens is 1. The number of carbonyl (C=O) groups excluding carboxylic acids is 4. The summed E-state index contributed by atoms with van der Waals surface area (Å²) < 4.78 is 9.97. The largest absolute Gasteiger partial charge is 0.466 e. The van der Waals surface area contributed by atoms with Gasteiger partial charge in [-0.2, -0.15) is 0 Å². The molecule has 0 N–H and O–H groups in total. The molecule has 1 aliphatic heterocycles. The maximum Gasteiger partial charge on any atom is 0.357 e. The molecule has 0 aromatic rings. The monoisotopic (exact) mass is 356 g/mol. The van der Waals surface area contributed by atoms with Gasteiger partial charge in [0.1, 0.15) is 0 Å². The SMILES string of the molecule is COC(=O)[C@@]1(C)OC2=C(C(=O)C(Br)=CC2=O)C(C)(C)C1=O. The standard InChI is InChI=1S/C14H13BrO6/c1-13(2)8-9(17)6(15)5-7(16)10(8)21-14(3,11(13)18)12(19)20-4/h5H,1-4H3/t14-/m0/s1. The van der Waals surface area contributed by atoms with Crippen LogP contribution in [-0.4, -0.2) is 36.0 Å². The van der Waals surface area contributed by atoms with Gasteiger partial charge in [0.25, 0.3) is 5.60 Å². The van der Waals surface area contributed by atoms with E-state index in [9.17, 15) is 19.2 Å². The number of methoxy groups -OCH3 is 1. The van der Waals surface area contributed by atoms with Crippen molar-refractivity contribution in [3.63, 3.8) is 0 Å². The van der Waals surface area contributed by atoms with Crippen molar-refractivity contribution in [2.75, 3.05) is 7.11 Å². The summed E-state index contributed by atoms with van der Waals surface area (Å²) >= 11 is 3.00. The van der Waals surface area contributed by atoms with Crippen LogP contribution < -0.4 is 0 Å². The molecule has 0 radical (unpaired) electrons. The predicted molar refractivity (Wildman–Crippen MR) is 74.3 cm³/mol. The fraction of sp³-hybridized carbons (Fsp3) is 0.429. The molecular formula is C14H13BrO6. The average Bonchev–Trinajstić information content (AvgIpc) is 2.41. The van der Waals surface area contributed by atoms with Gasteiger partial charge in [0.15, 0.2) is 11.5 Å². The minimum atomic E-state index is -1.95. The number of ether oxygens (including phenoxy) is 2. The number of allylic oxidation sites excluding steroid dienone is 3. The van der Waals surface area contributed by atoms with Crippen molar-refractivity contribution in [2.45, 2.75) is 26.4 Å². The van der Waals surface area contributed by atoms with Gasteiger partial charge >= 0.3 is 5.97 Å². The summed E-state index contributed by atoms with van der Waals surface area (Å²) in [5.41, 5.74) is -3.35. The van der Waals surface area contributed by atoms with Crippen LogP contribution in [0.15, 0.2) is 21.9 Å². The summed E-state index contributed by atoms with van der Waals surface area (Å²) in [6, 6.07) is 0. The molecule has 0 amide bonds. The Morgan fingerprint density at radius 1 is 1.24 bits per heavy atom. The van der Waals surface area contributed by atoms with Gasteiger partial charge in [-0.05, 0) is 36.7 Å². The normalized spacial score (nSPS) is 27.9. The van der Waals surface area contributed by atoms with E-state index in [1.54, 1.807) is 0 Å². The minimum absolute atomic E-state index is 0.0479. The second-order valence-corrected chi connectivity index (χ2v) is 6.33. The zero-order chi connectivity index (χ0) is 16.2. The molecule has 0 spiro atoms. The first-order valence-corrected chi connectivity index (χ1v) is 6.90. The molecule has 1 heterocycles. The van der Waals surface area contributed by atoms with Gasteiger partial charge in [-0.15, -0.1) is 0 Å². The lowest BCUT2D eigenvalue weighted by molar-refractivity contribution is -0.175. The molecule has 0 aromatic carbocycles. The van der Waals surface area contributed by atoms with Crippen LogP contribution in [-0.2, 0) is 28.7 Å². The first-order valence-electron chi connectivity index (χ1n) is 6.10. The summed E-state index contributed by atoms with van der Waals surface area (Å²) in [4.78, 5) is 48.8. The quantitative estimate of drug-likeness (QED) is 0.399. The van der Waals surface area contributed by atoms with Gasteiger partial charge in [0, 0.05) is 6.08 Å². The fourth-order valence-electron chi connectivity index (χ4n) is 2.55. The molecule has 21 heavy (non-hydrogen) atoms. The van der Waals surface area contributed by atoms with E-state index in [4.69, 9.17) is 4.74 Å². The van der Waals surface area contributed by atoms with Crippen molar-refractivity contribution in [3.05, 3.63) is 21.9 Å². The van der Waals surface area contributed by atoms with Crippen LogP contribution in [0, 0.1) is 5.41 Å². The average molecular weight is 357 g/mol. The van der Waals surface area contributed by atoms with Gasteiger partial charge < -0.3 is 9.47 Å². The molecule has 2 rings (SSSR count). The molecule has 112 valence electrons. The van der Waals surface area contributed by atoms with Crippen molar-refractivity contribution in [1.29, 1.82) is 0 Å². The molecular weight excluding hydrogens is 344 g/mol. The van der Waals surface area contributed by atoms with Crippen LogP contribution in [0.5, 0.6) is 0 Å². The molecule has 0 saturated carbocycles. The predicted octanol–water partition coefficient (Wildman–Crippen LogP) is 1.23. The van der Waals surface area contributed by atoms with Gasteiger partial charge in [-0.3, -0.25) is 14.4 Å². The van der Waals surface area contributed by atoms with Gasteiger partial charge in [-0.25, -0.2) is 4.79 Å². The maximum atomic E-state index is 12.6. The van der Waals surface area contributed by atoms with E-state index >= 15 is 0 Å². The summed E-state index contributed by atoms with van der Waals surface area (Å²) in [6.45, 7) is 4.19. The zero-order valence-corrected chi connectivity index (χ0v) is 13.5. The summed E-state index contributed by atoms with van der Waals surface area (Å²) in [7, 11) is 1.12. The molecule has 0 aromatic heterocycles. The van der Waals surface area contributed by atoms with Crippen molar-refractivity contribution in [2.24, 2.45) is 5.41 Å². The Labute approximate surface area is 129 Å². The summed E-state index contributed by atoms with van der Waals surface area (Å²) in [5.74, 6) is -2.91. The van der Waals surface area contributed by atoms with E-state index in [1.807, 2.05) is 0 Å². The molecule has 7 heteroatoms. The second kappa shape index (κ2) is 4.62. The first kappa shape index (κ1) is 15.6. The van der Waals surface area contributed by atoms with Gasteiger partial charge in [0.05, 0.1) is 22.6 Å². The molecule has 1 aliphatic carbocycles. The maximum absolute atomic E-state index is 12.6. The smallest absolute Gasteiger partial charge is 0.357 e. The third-order valence-corrected chi connectivity index (χ3v) is 4.25. The minimum Gasteiger partial charge on any atom is -0.466 e. The van der Waals surface area contributed by atoms with Crippen LogP contribution in [0.2, 0.25) is 0 Å². The van der Waals surface area contributed by atoms with Gasteiger partial charge in [0.2, 0.25) is 11.6 Å². The number of hydrogen-bond donors (Lipinski definition) is 0. The highest BCUT2D eigenvalue weighted by molar-refractivity contribution is 9.12. The van der Waals surface area contributed by atoms with E-state index in [-0.39, 0.29) is 15.8 Å². The fourth-order valence-corrected chi connectivity index (χ4v) is 2.96. The molecule has 0 fully saturated rings. The molecule has 0 saturated heterocycles. The van der Waals surface area contributed by atoms with Gasteiger partial charge in [-0.1, -0.05) is 0 Å². The van der Waals surface area contributed by atoms with E-state index in [1.165, 1.54) is 20.8 Å². The van der Waals surface area contributed by atoms with Crippen LogP contribution in [0.3, 0.4) is 0 Å². The highest BCUT2D eigenvalue weighted by Crippen LogP contribution is 2.45. The lowest BCUT2D eigenvalue weighted by Gasteiger charge is -2.41. The van der Waals surface area contributed by atoms with Crippen LogP contribution in [0.4, 0.5) is 0 Å². The van der Waals surface area contributed by atoms with Crippen LogP contribution in [0.1, 0.15) is 20.8 Å². The molecule has 0 bridgehead atoms. The number of esters is 1. The summed E-state index contributed by atoms with van der Waals surface area (Å²) in [5, 5.41) is 0. The number of carbonyl (C=O) groups is 4. The molecule has 1 atom stereocenters. The van der Waals surface area contributed by atoms with Crippen LogP contribution in [0.25, 0.3) is 0 Å². The number of hydrogen-bond acceptors (Lipinski definition) is 6. The van der Waals surface area contributed by atoms with E-state index in [0.717, 1.165) is 13.2 Å². The number of ketones is 3. The number of Topliss-reactive ketones (excluding diaryl/α,β-unsaturated/α-hetero) is 2. The van der Waals surface area contributed by atoms with Crippen molar-refractivity contribution >= 4 is 39.2 Å². The van der Waals surface area contributed by atoms with Crippen molar-refractivity contribution in [3.8, 4) is 0 Å². The van der Waals surface area contributed by atoms with E-state index in [0.29, 0.717) is 0 Å². The molecule has 6 nitrogen and oxygen atoms in total. The van der Waals surface area contributed by atoms with Crippen LogP contribution >= 0.6 is 15.9 Å². The third-order valence-electron chi connectivity index (χ3n) is 3.66. The summed E-state index contributed by atoms with van der Waals surface area (Å²) in [6.07, 6.45) is 1.06. The lowest BCUT2D eigenvalue weighted by Crippen LogP contribution is -2.58. The Bertz CT molecular complexity index is 654. The topological polar surface area (TPSA) is 86.7 Å².